The molecule has 1 atom stereocenters. The number of carbonyl (C=O) groups excluding carboxylic acids is 1. The summed E-state index contributed by atoms with van der Waals surface area (Å²) in [4.78, 5) is 16.8. The smallest absolute Gasteiger partial charge is 0.270 e. The minimum absolute atomic E-state index is 0.00382. The number of amides is 1. The number of carbonyl (C=O) groups is 1. The van der Waals surface area contributed by atoms with E-state index in [1.807, 2.05) is 36.4 Å². The van der Waals surface area contributed by atoms with E-state index in [9.17, 15) is 4.79 Å². The summed E-state index contributed by atoms with van der Waals surface area (Å²) in [5.41, 5.74) is 2.55. The zero-order valence-corrected chi connectivity index (χ0v) is 12.6. The number of nitrogens with one attached hydrogen (secondary N) is 1. The maximum absolute atomic E-state index is 12.7. The highest BCUT2D eigenvalue weighted by Crippen LogP contribution is 2.30. The highest BCUT2D eigenvalue weighted by molar-refractivity contribution is 5.93. The molecule has 2 aromatic heterocycles. The predicted molar refractivity (Wildman–Crippen MR) is 85.4 cm³/mol. The number of nitrogens with zero attached hydrogens (tertiary/aromatic N) is 2. The van der Waals surface area contributed by atoms with Crippen molar-refractivity contribution >= 4 is 5.91 Å². The Balaban J connectivity index is 1.59. The van der Waals surface area contributed by atoms with E-state index in [4.69, 9.17) is 4.42 Å². The van der Waals surface area contributed by atoms with Crippen molar-refractivity contribution in [3.05, 3.63) is 72.2 Å². The molecular weight excluding hydrogens is 290 g/mol. The predicted octanol–water partition coefficient (Wildman–Crippen LogP) is 3.27. The molecule has 0 radical (unpaired) electrons. The zero-order valence-electron chi connectivity index (χ0n) is 12.6. The maximum Gasteiger partial charge on any atom is 0.270 e. The first-order valence-corrected chi connectivity index (χ1v) is 7.78. The van der Waals surface area contributed by atoms with Gasteiger partial charge in [-0.05, 0) is 31.0 Å². The van der Waals surface area contributed by atoms with Gasteiger partial charge >= 0.3 is 0 Å². The lowest BCUT2D eigenvalue weighted by molar-refractivity contribution is 0.0925. The van der Waals surface area contributed by atoms with Crippen LogP contribution in [0.1, 0.15) is 40.7 Å². The van der Waals surface area contributed by atoms with Crippen LogP contribution in [0.4, 0.5) is 0 Å². The van der Waals surface area contributed by atoms with Gasteiger partial charge in [-0.1, -0.05) is 18.2 Å². The molecule has 116 valence electrons. The third-order valence-corrected chi connectivity index (χ3v) is 4.26. The normalized spacial score (nSPS) is 16.8. The number of aromatic nitrogens is 2. The summed E-state index contributed by atoms with van der Waals surface area (Å²) < 4.78 is 7.28. The molecule has 1 unspecified atom stereocenters. The van der Waals surface area contributed by atoms with Gasteiger partial charge in [-0.2, -0.15) is 0 Å². The van der Waals surface area contributed by atoms with Crippen molar-refractivity contribution in [1.82, 2.24) is 14.9 Å². The fraction of sp³-hybridized carbons (Fsp3) is 0.222. The van der Waals surface area contributed by atoms with Crippen LogP contribution in [-0.2, 0) is 6.42 Å². The molecule has 0 saturated heterocycles. The van der Waals surface area contributed by atoms with Gasteiger partial charge in [0.25, 0.3) is 5.91 Å². The fourth-order valence-electron chi connectivity index (χ4n) is 3.13. The molecule has 1 aromatic carbocycles. The molecule has 0 spiro atoms. The molecule has 1 amide bonds. The third-order valence-electron chi connectivity index (χ3n) is 4.26. The Morgan fingerprint density at radius 1 is 1.26 bits per heavy atom. The van der Waals surface area contributed by atoms with Crippen molar-refractivity contribution in [2.75, 3.05) is 0 Å². The summed E-state index contributed by atoms with van der Waals surface area (Å²) in [6.07, 6.45) is 7.84. The Kier molecular flexibility index (Phi) is 3.46. The number of rotatable bonds is 3. The van der Waals surface area contributed by atoms with E-state index in [1.54, 1.807) is 23.4 Å². The van der Waals surface area contributed by atoms with Crippen LogP contribution in [-0.4, -0.2) is 15.5 Å². The van der Waals surface area contributed by atoms with Gasteiger partial charge in [-0.3, -0.25) is 9.36 Å². The Morgan fingerprint density at radius 3 is 3.00 bits per heavy atom. The minimum Gasteiger partial charge on any atom is -0.469 e. The van der Waals surface area contributed by atoms with Crippen LogP contribution >= 0.6 is 0 Å². The number of furan rings is 1. The summed E-state index contributed by atoms with van der Waals surface area (Å²) in [6, 6.07) is 11.7. The largest absolute Gasteiger partial charge is 0.469 e. The van der Waals surface area contributed by atoms with E-state index in [2.05, 4.69) is 10.3 Å². The van der Waals surface area contributed by atoms with Crippen LogP contribution < -0.4 is 5.32 Å². The number of para-hydroxylation sites is 1. The molecular formula is C18H17N3O2. The van der Waals surface area contributed by atoms with Gasteiger partial charge in [0.2, 0.25) is 0 Å². The van der Waals surface area contributed by atoms with Crippen molar-refractivity contribution in [3.8, 4) is 5.69 Å². The standard InChI is InChI=1S/C18H17N3O2/c22-18(20-15-7-4-8-17-14(15)9-10-23-17)16-11-19-12-21(16)13-5-2-1-3-6-13/h1-3,5-6,9-12,15H,4,7-8H2,(H,20,22). The molecule has 5 nitrogen and oxygen atoms in total. The van der Waals surface area contributed by atoms with Crippen LogP contribution in [0.25, 0.3) is 5.69 Å². The van der Waals surface area contributed by atoms with E-state index in [0.29, 0.717) is 5.69 Å². The van der Waals surface area contributed by atoms with Crippen molar-refractivity contribution in [2.24, 2.45) is 0 Å². The third kappa shape index (κ3) is 2.54. The first-order chi connectivity index (χ1) is 11.3. The molecule has 2 heterocycles. The Morgan fingerprint density at radius 2 is 2.13 bits per heavy atom. The Hall–Kier alpha value is -2.82. The Bertz CT molecular complexity index is 820. The van der Waals surface area contributed by atoms with E-state index >= 15 is 0 Å². The molecule has 0 fully saturated rings. The fourth-order valence-corrected chi connectivity index (χ4v) is 3.13. The highest BCUT2D eigenvalue weighted by atomic mass is 16.3. The van der Waals surface area contributed by atoms with Crippen LogP contribution in [0.15, 0.2) is 59.6 Å². The number of benzene rings is 1. The minimum atomic E-state index is -0.120. The Labute approximate surface area is 134 Å². The lowest BCUT2D eigenvalue weighted by Crippen LogP contribution is -2.31. The first kappa shape index (κ1) is 13.8. The van der Waals surface area contributed by atoms with Crippen LogP contribution in [0.3, 0.4) is 0 Å². The second-order valence-corrected chi connectivity index (χ2v) is 5.70. The lowest BCUT2D eigenvalue weighted by atomic mass is 9.93. The molecule has 0 aliphatic heterocycles. The number of imidazole rings is 1. The molecule has 0 saturated carbocycles. The molecule has 1 aliphatic rings. The lowest BCUT2D eigenvalue weighted by Gasteiger charge is -2.22. The summed E-state index contributed by atoms with van der Waals surface area (Å²) in [6.45, 7) is 0. The zero-order chi connectivity index (χ0) is 15.6. The molecule has 0 bridgehead atoms. The molecule has 1 N–H and O–H groups in total. The maximum atomic E-state index is 12.7. The molecule has 3 aromatic rings. The van der Waals surface area contributed by atoms with E-state index in [1.165, 1.54) is 0 Å². The monoisotopic (exact) mass is 307 g/mol. The quantitative estimate of drug-likeness (QED) is 0.808. The van der Waals surface area contributed by atoms with Gasteiger partial charge in [0.15, 0.2) is 0 Å². The van der Waals surface area contributed by atoms with Crippen LogP contribution in [0, 0.1) is 0 Å². The number of hydrogen-bond donors (Lipinski definition) is 1. The van der Waals surface area contributed by atoms with Crippen LogP contribution in [0.2, 0.25) is 0 Å². The molecule has 5 heteroatoms. The first-order valence-electron chi connectivity index (χ1n) is 7.78. The number of aryl methyl sites for hydroxylation is 1. The van der Waals surface area contributed by atoms with Crippen LogP contribution in [0.5, 0.6) is 0 Å². The van der Waals surface area contributed by atoms with Gasteiger partial charge in [0.05, 0.1) is 24.8 Å². The second-order valence-electron chi connectivity index (χ2n) is 5.70. The van der Waals surface area contributed by atoms with Crippen molar-refractivity contribution in [3.63, 3.8) is 0 Å². The van der Waals surface area contributed by atoms with E-state index < -0.39 is 0 Å². The van der Waals surface area contributed by atoms with Crippen molar-refractivity contribution in [1.29, 1.82) is 0 Å². The summed E-state index contributed by atoms with van der Waals surface area (Å²) in [5.74, 6) is 0.864. The second kappa shape index (κ2) is 5.76. The van der Waals surface area contributed by atoms with Gasteiger partial charge < -0.3 is 9.73 Å². The molecule has 23 heavy (non-hydrogen) atoms. The topological polar surface area (TPSA) is 60.1 Å². The van der Waals surface area contributed by atoms with Gasteiger partial charge in [-0.25, -0.2) is 4.98 Å². The summed E-state index contributed by atoms with van der Waals surface area (Å²) in [7, 11) is 0. The average molecular weight is 307 g/mol. The van der Waals surface area contributed by atoms with E-state index in [-0.39, 0.29) is 11.9 Å². The van der Waals surface area contributed by atoms with E-state index in [0.717, 1.165) is 36.3 Å². The highest BCUT2D eigenvalue weighted by Gasteiger charge is 2.25. The number of hydrogen-bond acceptors (Lipinski definition) is 3. The SMILES string of the molecule is O=C(NC1CCCc2occc21)c1cncn1-c1ccccc1. The molecule has 1 aliphatic carbocycles. The van der Waals surface area contributed by atoms with Crippen molar-refractivity contribution in [2.45, 2.75) is 25.3 Å². The summed E-state index contributed by atoms with van der Waals surface area (Å²) >= 11 is 0. The molecule has 4 rings (SSSR count). The summed E-state index contributed by atoms with van der Waals surface area (Å²) in [5, 5.41) is 3.11. The van der Waals surface area contributed by atoms with Gasteiger partial charge in [-0.15, -0.1) is 0 Å². The number of fused-ring (bicyclic) bond motifs is 1. The van der Waals surface area contributed by atoms with Gasteiger partial charge in [0.1, 0.15) is 11.5 Å². The van der Waals surface area contributed by atoms with Crippen molar-refractivity contribution < 1.29 is 9.21 Å². The average Bonchev–Trinajstić information content (AvgIpc) is 3.25. The van der Waals surface area contributed by atoms with Gasteiger partial charge in [0, 0.05) is 17.7 Å².